The Bertz CT molecular complexity index is 921. The molecule has 1 heterocycles. The summed E-state index contributed by atoms with van der Waals surface area (Å²) in [5.74, 6) is 2.79. The minimum Gasteiger partial charge on any atom is -0.493 e. The van der Waals surface area contributed by atoms with Crippen LogP contribution in [0.4, 0.5) is 23.1 Å². The van der Waals surface area contributed by atoms with Crippen LogP contribution in [0, 0.1) is 0 Å². The van der Waals surface area contributed by atoms with Crippen LogP contribution < -0.4 is 24.8 Å². The normalized spacial score (nSPS) is 10.3. The Balaban J connectivity index is 1.85. The molecule has 0 atom stereocenters. The molecule has 28 heavy (non-hydrogen) atoms. The number of hydrogen-bond donors (Lipinski definition) is 2. The Morgan fingerprint density at radius 3 is 2.25 bits per heavy atom. The van der Waals surface area contributed by atoms with Gasteiger partial charge in [0.25, 0.3) is 0 Å². The van der Waals surface area contributed by atoms with Gasteiger partial charge in [0.2, 0.25) is 11.7 Å². The van der Waals surface area contributed by atoms with Crippen LogP contribution in [0.3, 0.4) is 0 Å². The van der Waals surface area contributed by atoms with Gasteiger partial charge in [-0.2, -0.15) is 4.98 Å². The van der Waals surface area contributed by atoms with E-state index in [4.69, 9.17) is 14.2 Å². The highest BCUT2D eigenvalue weighted by Gasteiger charge is 2.14. The number of para-hydroxylation sites is 1. The summed E-state index contributed by atoms with van der Waals surface area (Å²) in [6.45, 7) is 2.12. The standard InChI is InChI=1S/C21H24N4O3/c1-5-14-8-6-7-9-16(14)24-19-10-11-22-21(25-19)23-15-12-17(26-2)20(28-4)18(13-15)27-3/h6-13H,5H2,1-4H3,(H2,22,23,24,25). The second-order valence-electron chi connectivity index (χ2n) is 5.94. The fraction of sp³-hybridized carbons (Fsp3) is 0.238. The second-order valence-corrected chi connectivity index (χ2v) is 5.94. The quantitative estimate of drug-likeness (QED) is 0.593. The highest BCUT2D eigenvalue weighted by Crippen LogP contribution is 2.40. The number of anilines is 4. The minimum absolute atomic E-state index is 0.452. The van der Waals surface area contributed by atoms with Crippen LogP contribution in [0.25, 0.3) is 0 Å². The lowest BCUT2D eigenvalue weighted by molar-refractivity contribution is 0.324. The van der Waals surface area contributed by atoms with Crippen molar-refractivity contribution in [1.82, 2.24) is 9.97 Å². The number of aromatic nitrogens is 2. The van der Waals surface area contributed by atoms with Gasteiger partial charge in [-0.25, -0.2) is 4.98 Å². The first-order valence-electron chi connectivity index (χ1n) is 8.93. The van der Waals surface area contributed by atoms with Gasteiger partial charge in [-0.15, -0.1) is 0 Å². The highest BCUT2D eigenvalue weighted by atomic mass is 16.5. The number of methoxy groups -OCH3 is 3. The van der Waals surface area contributed by atoms with Crippen molar-refractivity contribution in [3.05, 3.63) is 54.2 Å². The fourth-order valence-corrected chi connectivity index (χ4v) is 2.86. The molecule has 0 aliphatic carbocycles. The number of nitrogens with one attached hydrogen (secondary N) is 2. The van der Waals surface area contributed by atoms with Crippen molar-refractivity contribution in [2.24, 2.45) is 0 Å². The number of hydrogen-bond acceptors (Lipinski definition) is 7. The molecular weight excluding hydrogens is 356 g/mol. The molecule has 2 aromatic carbocycles. The minimum atomic E-state index is 0.452. The second kappa shape index (κ2) is 8.94. The van der Waals surface area contributed by atoms with E-state index in [0.29, 0.717) is 29.0 Å². The molecule has 3 rings (SSSR count). The van der Waals surface area contributed by atoms with E-state index in [2.05, 4.69) is 33.6 Å². The fourth-order valence-electron chi connectivity index (χ4n) is 2.86. The number of benzene rings is 2. The van der Waals surface area contributed by atoms with E-state index in [1.165, 1.54) is 5.56 Å². The first kappa shape index (κ1) is 19.3. The average molecular weight is 380 g/mol. The molecule has 0 radical (unpaired) electrons. The Morgan fingerprint density at radius 2 is 1.61 bits per heavy atom. The molecular formula is C21H24N4O3. The summed E-state index contributed by atoms with van der Waals surface area (Å²) >= 11 is 0. The third-order valence-corrected chi connectivity index (χ3v) is 4.24. The van der Waals surface area contributed by atoms with Gasteiger partial charge in [0, 0.05) is 29.7 Å². The van der Waals surface area contributed by atoms with Crippen molar-refractivity contribution in [3.8, 4) is 17.2 Å². The maximum absolute atomic E-state index is 5.39. The molecule has 3 aromatic rings. The molecule has 7 nitrogen and oxygen atoms in total. The van der Waals surface area contributed by atoms with Gasteiger partial charge in [0.15, 0.2) is 11.5 Å². The van der Waals surface area contributed by atoms with E-state index in [1.54, 1.807) is 39.7 Å². The number of ether oxygens (including phenoxy) is 3. The van der Waals surface area contributed by atoms with Crippen molar-refractivity contribution in [1.29, 1.82) is 0 Å². The van der Waals surface area contributed by atoms with Crippen molar-refractivity contribution in [3.63, 3.8) is 0 Å². The third-order valence-electron chi connectivity index (χ3n) is 4.24. The Hall–Kier alpha value is -3.48. The summed E-state index contributed by atoms with van der Waals surface area (Å²) in [5.41, 5.74) is 2.98. The average Bonchev–Trinajstić information content (AvgIpc) is 2.73. The van der Waals surface area contributed by atoms with E-state index in [0.717, 1.165) is 17.8 Å². The van der Waals surface area contributed by atoms with E-state index in [-0.39, 0.29) is 0 Å². The first-order valence-corrected chi connectivity index (χ1v) is 8.93. The molecule has 0 saturated heterocycles. The lowest BCUT2D eigenvalue weighted by atomic mass is 10.1. The molecule has 0 amide bonds. The van der Waals surface area contributed by atoms with Crippen LogP contribution in [0.5, 0.6) is 17.2 Å². The smallest absolute Gasteiger partial charge is 0.229 e. The zero-order valence-corrected chi connectivity index (χ0v) is 16.4. The molecule has 0 saturated carbocycles. The van der Waals surface area contributed by atoms with Gasteiger partial charge in [0.1, 0.15) is 5.82 Å². The molecule has 2 N–H and O–H groups in total. The van der Waals surface area contributed by atoms with Crippen LogP contribution >= 0.6 is 0 Å². The SMILES string of the molecule is CCc1ccccc1Nc1ccnc(Nc2cc(OC)c(OC)c(OC)c2)n1. The summed E-state index contributed by atoms with van der Waals surface area (Å²) in [5, 5.41) is 6.53. The van der Waals surface area contributed by atoms with Crippen molar-refractivity contribution in [2.45, 2.75) is 13.3 Å². The molecule has 0 aliphatic heterocycles. The van der Waals surface area contributed by atoms with E-state index in [9.17, 15) is 0 Å². The third kappa shape index (κ3) is 4.25. The monoisotopic (exact) mass is 380 g/mol. The number of rotatable bonds is 8. The largest absolute Gasteiger partial charge is 0.493 e. The zero-order chi connectivity index (χ0) is 19.9. The maximum atomic E-state index is 5.39. The summed E-state index contributed by atoms with van der Waals surface area (Å²) < 4.78 is 16.1. The number of aryl methyl sites for hydroxylation is 1. The van der Waals surface area contributed by atoms with Crippen molar-refractivity contribution >= 4 is 23.1 Å². The lowest BCUT2D eigenvalue weighted by Gasteiger charge is -2.15. The predicted molar refractivity (Wildman–Crippen MR) is 111 cm³/mol. The summed E-state index contributed by atoms with van der Waals surface area (Å²) in [6.07, 6.45) is 2.63. The molecule has 0 spiro atoms. The summed E-state index contributed by atoms with van der Waals surface area (Å²) in [6, 6.07) is 13.6. The highest BCUT2D eigenvalue weighted by molar-refractivity contribution is 5.67. The van der Waals surface area contributed by atoms with Gasteiger partial charge >= 0.3 is 0 Å². The Labute approximate surface area is 164 Å². The summed E-state index contributed by atoms with van der Waals surface area (Å²) in [7, 11) is 4.72. The maximum Gasteiger partial charge on any atom is 0.229 e. The molecule has 7 heteroatoms. The van der Waals surface area contributed by atoms with Gasteiger partial charge in [-0.05, 0) is 24.1 Å². The molecule has 0 unspecified atom stereocenters. The van der Waals surface area contributed by atoms with Gasteiger partial charge in [0.05, 0.1) is 21.3 Å². The Kier molecular flexibility index (Phi) is 6.16. The van der Waals surface area contributed by atoms with Crippen LogP contribution in [-0.4, -0.2) is 31.3 Å². The zero-order valence-electron chi connectivity index (χ0n) is 16.4. The molecule has 0 aliphatic rings. The van der Waals surface area contributed by atoms with Gasteiger partial charge in [-0.1, -0.05) is 25.1 Å². The van der Waals surface area contributed by atoms with Crippen LogP contribution in [0.2, 0.25) is 0 Å². The van der Waals surface area contributed by atoms with Crippen molar-refractivity contribution < 1.29 is 14.2 Å². The molecule has 146 valence electrons. The first-order chi connectivity index (χ1) is 13.7. The molecule has 0 bridgehead atoms. The Morgan fingerprint density at radius 1 is 0.893 bits per heavy atom. The van der Waals surface area contributed by atoms with Crippen LogP contribution in [0.1, 0.15) is 12.5 Å². The topological polar surface area (TPSA) is 77.5 Å². The predicted octanol–water partition coefficient (Wildman–Crippen LogP) is 4.55. The van der Waals surface area contributed by atoms with Gasteiger partial charge < -0.3 is 24.8 Å². The molecule has 0 fully saturated rings. The van der Waals surface area contributed by atoms with E-state index < -0.39 is 0 Å². The van der Waals surface area contributed by atoms with Gasteiger partial charge in [-0.3, -0.25) is 0 Å². The van der Waals surface area contributed by atoms with E-state index >= 15 is 0 Å². The summed E-state index contributed by atoms with van der Waals surface area (Å²) in [4.78, 5) is 8.84. The van der Waals surface area contributed by atoms with E-state index in [1.807, 2.05) is 24.3 Å². The number of nitrogens with zero attached hydrogens (tertiary/aromatic N) is 2. The molecule has 1 aromatic heterocycles. The van der Waals surface area contributed by atoms with Crippen molar-refractivity contribution in [2.75, 3.05) is 32.0 Å². The van der Waals surface area contributed by atoms with Crippen LogP contribution in [-0.2, 0) is 6.42 Å². The van der Waals surface area contributed by atoms with Crippen LogP contribution in [0.15, 0.2) is 48.7 Å². The lowest BCUT2D eigenvalue weighted by Crippen LogP contribution is -2.02.